The van der Waals surface area contributed by atoms with E-state index in [2.05, 4.69) is 16.6 Å². The van der Waals surface area contributed by atoms with Gasteiger partial charge in [0, 0.05) is 5.56 Å². The number of hydrogen-bond acceptors (Lipinski definition) is 3. The van der Waals surface area contributed by atoms with Crippen molar-refractivity contribution in [1.82, 2.24) is 0 Å². The molecule has 19 heavy (non-hydrogen) atoms. The molecule has 0 aliphatic rings. The van der Waals surface area contributed by atoms with Gasteiger partial charge >= 0.3 is 0 Å². The monoisotopic (exact) mass is 281 g/mol. The molecule has 0 saturated carbocycles. The van der Waals surface area contributed by atoms with E-state index in [9.17, 15) is 8.42 Å². The molecule has 0 aliphatic heterocycles. The Balaban J connectivity index is 3.06. The summed E-state index contributed by atoms with van der Waals surface area (Å²) in [6.07, 6.45) is 0. The van der Waals surface area contributed by atoms with Crippen molar-refractivity contribution in [1.29, 1.82) is 0 Å². The Morgan fingerprint density at radius 2 is 1.95 bits per heavy atom. The van der Waals surface area contributed by atoms with Gasteiger partial charge in [-0.1, -0.05) is 11.8 Å². The maximum Gasteiger partial charge on any atom is 0.237 e. The van der Waals surface area contributed by atoms with Gasteiger partial charge in [-0.3, -0.25) is 4.72 Å². The standard InChI is InChI=1S/C14H19NO3S/c1-11-10-12(6-5-9-16)7-8-13(11)15-19(17,18)14(2,3)4/h7-8,10,15-16H,9H2,1-4H3. The molecule has 0 atom stereocenters. The third-order valence-corrected chi connectivity index (χ3v) is 4.69. The van der Waals surface area contributed by atoms with E-state index >= 15 is 0 Å². The number of rotatable bonds is 2. The molecule has 0 fully saturated rings. The molecule has 1 rings (SSSR count). The lowest BCUT2D eigenvalue weighted by Gasteiger charge is -2.21. The van der Waals surface area contributed by atoms with E-state index in [1.807, 2.05) is 6.92 Å². The third-order valence-electron chi connectivity index (χ3n) is 2.59. The van der Waals surface area contributed by atoms with Gasteiger partial charge in [-0.2, -0.15) is 0 Å². The minimum atomic E-state index is -3.43. The first-order valence-corrected chi connectivity index (χ1v) is 7.38. The van der Waals surface area contributed by atoms with Crippen molar-refractivity contribution >= 4 is 15.7 Å². The highest BCUT2D eigenvalue weighted by Crippen LogP contribution is 2.22. The predicted molar refractivity (Wildman–Crippen MR) is 77.4 cm³/mol. The van der Waals surface area contributed by atoms with Crippen LogP contribution in [0.15, 0.2) is 18.2 Å². The van der Waals surface area contributed by atoms with Gasteiger partial charge in [-0.25, -0.2) is 8.42 Å². The van der Waals surface area contributed by atoms with Crippen molar-refractivity contribution in [3.8, 4) is 11.8 Å². The minimum Gasteiger partial charge on any atom is -0.384 e. The lowest BCUT2D eigenvalue weighted by Crippen LogP contribution is -2.33. The predicted octanol–water partition coefficient (Wildman–Crippen LogP) is 1.88. The van der Waals surface area contributed by atoms with Gasteiger partial charge in [0.15, 0.2) is 0 Å². The fourth-order valence-corrected chi connectivity index (χ4v) is 2.12. The first kappa shape index (κ1) is 15.5. The third kappa shape index (κ3) is 3.98. The topological polar surface area (TPSA) is 66.4 Å². The quantitative estimate of drug-likeness (QED) is 0.813. The van der Waals surface area contributed by atoms with Crippen molar-refractivity contribution in [2.45, 2.75) is 32.4 Å². The van der Waals surface area contributed by atoms with Crippen molar-refractivity contribution in [2.75, 3.05) is 11.3 Å². The molecule has 0 unspecified atom stereocenters. The van der Waals surface area contributed by atoms with Gasteiger partial charge in [0.1, 0.15) is 6.61 Å². The molecule has 0 radical (unpaired) electrons. The van der Waals surface area contributed by atoms with Crippen LogP contribution in [0.1, 0.15) is 31.9 Å². The molecule has 0 bridgehead atoms. The summed E-state index contributed by atoms with van der Waals surface area (Å²) < 4.78 is 25.8. The van der Waals surface area contributed by atoms with Crippen molar-refractivity contribution < 1.29 is 13.5 Å². The molecular formula is C14H19NO3S. The van der Waals surface area contributed by atoms with Gasteiger partial charge in [0.2, 0.25) is 10.0 Å². The highest BCUT2D eigenvalue weighted by atomic mass is 32.2. The number of hydrogen-bond donors (Lipinski definition) is 2. The zero-order valence-corrected chi connectivity index (χ0v) is 12.4. The number of aliphatic hydroxyl groups excluding tert-OH is 1. The van der Waals surface area contributed by atoms with Gasteiger partial charge in [0.25, 0.3) is 0 Å². The molecule has 5 heteroatoms. The summed E-state index contributed by atoms with van der Waals surface area (Å²) in [7, 11) is -3.43. The van der Waals surface area contributed by atoms with Crippen LogP contribution in [-0.4, -0.2) is 24.9 Å². The molecule has 4 nitrogen and oxygen atoms in total. The SMILES string of the molecule is Cc1cc(C#CCO)ccc1NS(=O)(=O)C(C)(C)C. The maximum atomic E-state index is 12.1. The Labute approximate surface area is 114 Å². The summed E-state index contributed by atoms with van der Waals surface area (Å²) in [5.74, 6) is 5.33. The van der Waals surface area contributed by atoms with Gasteiger partial charge in [-0.05, 0) is 51.5 Å². The van der Waals surface area contributed by atoms with Crippen molar-refractivity contribution in [3.05, 3.63) is 29.3 Å². The number of benzene rings is 1. The largest absolute Gasteiger partial charge is 0.384 e. The van der Waals surface area contributed by atoms with E-state index in [0.717, 1.165) is 11.1 Å². The van der Waals surface area contributed by atoms with Crippen LogP contribution in [0.25, 0.3) is 0 Å². The number of aryl methyl sites for hydroxylation is 1. The van der Waals surface area contributed by atoms with Crippen LogP contribution in [0.2, 0.25) is 0 Å². The average Bonchev–Trinajstić information content (AvgIpc) is 2.28. The van der Waals surface area contributed by atoms with Crippen LogP contribution in [0, 0.1) is 18.8 Å². The summed E-state index contributed by atoms with van der Waals surface area (Å²) in [6.45, 7) is 6.55. The van der Waals surface area contributed by atoms with E-state index < -0.39 is 14.8 Å². The minimum absolute atomic E-state index is 0.197. The molecule has 2 N–H and O–H groups in total. The van der Waals surface area contributed by atoms with Crippen molar-refractivity contribution in [3.63, 3.8) is 0 Å². The molecule has 104 valence electrons. The summed E-state index contributed by atoms with van der Waals surface area (Å²) >= 11 is 0. The molecular weight excluding hydrogens is 262 g/mol. The summed E-state index contributed by atoms with van der Waals surface area (Å²) in [6, 6.07) is 5.18. The fourth-order valence-electron chi connectivity index (χ4n) is 1.30. The van der Waals surface area contributed by atoms with E-state index in [4.69, 9.17) is 5.11 Å². The first-order chi connectivity index (χ1) is 8.67. The van der Waals surface area contributed by atoms with Gasteiger partial charge in [0.05, 0.1) is 10.4 Å². The second-order valence-corrected chi connectivity index (χ2v) is 7.64. The highest BCUT2D eigenvalue weighted by molar-refractivity contribution is 7.94. The van der Waals surface area contributed by atoms with E-state index in [-0.39, 0.29) is 6.61 Å². The van der Waals surface area contributed by atoms with Crippen LogP contribution in [0.3, 0.4) is 0 Å². The highest BCUT2D eigenvalue weighted by Gasteiger charge is 2.29. The number of aliphatic hydroxyl groups is 1. The lowest BCUT2D eigenvalue weighted by molar-refractivity contribution is 0.350. The van der Waals surface area contributed by atoms with E-state index in [1.165, 1.54) is 0 Å². The average molecular weight is 281 g/mol. The van der Waals surface area contributed by atoms with Crippen LogP contribution < -0.4 is 4.72 Å². The fraction of sp³-hybridized carbons (Fsp3) is 0.429. The Kier molecular flexibility index (Phi) is 4.61. The molecule has 0 spiro atoms. The number of nitrogens with one attached hydrogen (secondary N) is 1. The van der Waals surface area contributed by atoms with Crippen LogP contribution in [0.5, 0.6) is 0 Å². The molecule has 1 aromatic carbocycles. The normalized spacial score (nSPS) is 11.6. The Morgan fingerprint density at radius 1 is 1.32 bits per heavy atom. The van der Waals surface area contributed by atoms with E-state index in [1.54, 1.807) is 39.0 Å². The smallest absolute Gasteiger partial charge is 0.237 e. The zero-order chi connectivity index (χ0) is 14.7. The Morgan fingerprint density at radius 3 is 2.42 bits per heavy atom. The second kappa shape index (κ2) is 5.64. The van der Waals surface area contributed by atoms with E-state index in [0.29, 0.717) is 5.69 Å². The van der Waals surface area contributed by atoms with Gasteiger partial charge in [-0.15, -0.1) is 0 Å². The zero-order valence-electron chi connectivity index (χ0n) is 11.6. The van der Waals surface area contributed by atoms with Crippen LogP contribution >= 0.6 is 0 Å². The van der Waals surface area contributed by atoms with Crippen LogP contribution in [-0.2, 0) is 10.0 Å². The maximum absolute atomic E-state index is 12.1. The number of sulfonamides is 1. The summed E-state index contributed by atoms with van der Waals surface area (Å²) in [5, 5.41) is 8.63. The summed E-state index contributed by atoms with van der Waals surface area (Å²) in [4.78, 5) is 0. The van der Waals surface area contributed by atoms with Crippen LogP contribution in [0.4, 0.5) is 5.69 Å². The second-order valence-electron chi connectivity index (χ2n) is 5.21. The first-order valence-electron chi connectivity index (χ1n) is 5.90. The molecule has 0 aromatic heterocycles. The lowest BCUT2D eigenvalue weighted by atomic mass is 10.1. The molecule has 0 heterocycles. The molecule has 0 saturated heterocycles. The molecule has 0 amide bonds. The van der Waals surface area contributed by atoms with Crippen molar-refractivity contribution in [2.24, 2.45) is 0 Å². The molecule has 1 aromatic rings. The summed E-state index contributed by atoms with van der Waals surface area (Å²) in [5.41, 5.74) is 2.08. The Bertz CT molecular complexity index is 616. The Hall–Kier alpha value is -1.51. The van der Waals surface area contributed by atoms with Gasteiger partial charge < -0.3 is 5.11 Å². The number of anilines is 1. The molecule has 0 aliphatic carbocycles.